The van der Waals surface area contributed by atoms with E-state index in [1.54, 1.807) is 7.05 Å². The van der Waals surface area contributed by atoms with Gasteiger partial charge in [0, 0.05) is 26.7 Å². The summed E-state index contributed by atoms with van der Waals surface area (Å²) >= 11 is 0. The summed E-state index contributed by atoms with van der Waals surface area (Å²) in [7, 11) is 3.99. The predicted octanol–water partition coefficient (Wildman–Crippen LogP) is 1.60. The first-order chi connectivity index (χ1) is 11.6. The maximum Gasteiger partial charge on any atom is 0.214 e. The molecule has 1 aliphatic heterocycles. The number of hydrogen-bond donors (Lipinski definition) is 2. The van der Waals surface area contributed by atoms with Crippen molar-refractivity contribution in [1.29, 1.82) is 0 Å². The summed E-state index contributed by atoms with van der Waals surface area (Å²) in [5.41, 5.74) is 0.942. The van der Waals surface area contributed by atoms with Crippen molar-refractivity contribution in [2.24, 2.45) is 4.99 Å². The van der Waals surface area contributed by atoms with E-state index in [0.717, 1.165) is 36.9 Å². The molecular weight excluding hydrogens is 431 g/mol. The van der Waals surface area contributed by atoms with E-state index in [1.165, 1.54) is 32.6 Å². The first-order valence-corrected chi connectivity index (χ1v) is 8.87. The van der Waals surface area contributed by atoms with Gasteiger partial charge in [0.05, 0.1) is 12.2 Å². The molecule has 1 aromatic heterocycles. The normalized spacial score (nSPS) is 17.0. The van der Waals surface area contributed by atoms with Crippen molar-refractivity contribution >= 4 is 29.9 Å². The van der Waals surface area contributed by atoms with Crippen LogP contribution < -0.4 is 10.6 Å². The molecule has 1 aliphatic rings. The third-order valence-electron chi connectivity index (χ3n) is 4.46. The van der Waals surface area contributed by atoms with Crippen LogP contribution in [0.15, 0.2) is 9.41 Å². The van der Waals surface area contributed by atoms with Crippen LogP contribution in [0, 0.1) is 13.8 Å². The van der Waals surface area contributed by atoms with Gasteiger partial charge in [0.2, 0.25) is 5.89 Å². The third-order valence-corrected chi connectivity index (χ3v) is 4.46. The average Bonchev–Trinajstić information content (AvgIpc) is 2.75. The van der Waals surface area contributed by atoms with Gasteiger partial charge in [-0.1, -0.05) is 0 Å². The van der Waals surface area contributed by atoms with Gasteiger partial charge in [0.25, 0.3) is 0 Å². The summed E-state index contributed by atoms with van der Waals surface area (Å²) in [5, 5.41) is 6.60. The number of nitrogens with zero attached hydrogens (tertiary/aromatic N) is 4. The molecule has 0 spiro atoms. The van der Waals surface area contributed by atoms with Crippen LogP contribution in [-0.2, 0) is 6.54 Å². The standard InChI is InChI=1S/C17H32N6O.HI/c1-14-15(2)24-16(21-14)13-20-17(18-3)19-7-5-9-23-10-6-8-22(4)11-12-23;/h5-13H2,1-4H3,(H2,18,19,20);1H. The lowest BCUT2D eigenvalue weighted by molar-refractivity contribution is 0.274. The van der Waals surface area contributed by atoms with Crippen LogP contribution >= 0.6 is 24.0 Å². The number of oxazole rings is 1. The Hall–Kier alpha value is -0.870. The lowest BCUT2D eigenvalue weighted by Crippen LogP contribution is -2.38. The van der Waals surface area contributed by atoms with Gasteiger partial charge in [-0.15, -0.1) is 24.0 Å². The molecule has 0 radical (unpaired) electrons. The third kappa shape index (κ3) is 7.91. The molecule has 1 aromatic rings. The predicted molar refractivity (Wildman–Crippen MR) is 113 cm³/mol. The first kappa shape index (κ1) is 22.2. The maximum atomic E-state index is 5.57. The number of nitrogens with one attached hydrogen (secondary N) is 2. The SMILES string of the molecule is CN=C(NCCCN1CCCN(C)CC1)NCc1nc(C)c(C)o1.I. The fraction of sp³-hybridized carbons (Fsp3) is 0.765. The average molecular weight is 464 g/mol. The van der Waals surface area contributed by atoms with E-state index in [2.05, 4.69) is 37.5 Å². The molecule has 7 nitrogen and oxygen atoms in total. The number of aromatic nitrogens is 1. The Morgan fingerprint density at radius 2 is 2.00 bits per heavy atom. The van der Waals surface area contributed by atoms with Crippen molar-refractivity contribution in [2.75, 3.05) is 53.4 Å². The number of rotatable bonds is 6. The fourth-order valence-electron chi connectivity index (χ4n) is 2.83. The largest absolute Gasteiger partial charge is 0.444 e. The summed E-state index contributed by atoms with van der Waals surface area (Å²) < 4.78 is 5.57. The van der Waals surface area contributed by atoms with Crippen LogP contribution in [0.2, 0.25) is 0 Å². The molecule has 2 N–H and O–H groups in total. The van der Waals surface area contributed by atoms with Gasteiger partial charge in [0.15, 0.2) is 5.96 Å². The zero-order chi connectivity index (χ0) is 17.4. The second kappa shape index (κ2) is 11.7. The Morgan fingerprint density at radius 1 is 1.20 bits per heavy atom. The van der Waals surface area contributed by atoms with Crippen LogP contribution in [0.25, 0.3) is 0 Å². The Kier molecular flexibility index (Phi) is 10.4. The molecule has 1 saturated heterocycles. The molecule has 0 bridgehead atoms. The van der Waals surface area contributed by atoms with Crippen molar-refractivity contribution in [3.63, 3.8) is 0 Å². The summed E-state index contributed by atoms with van der Waals surface area (Å²) in [4.78, 5) is 13.6. The van der Waals surface area contributed by atoms with E-state index in [9.17, 15) is 0 Å². The monoisotopic (exact) mass is 464 g/mol. The van der Waals surface area contributed by atoms with Crippen LogP contribution in [0.3, 0.4) is 0 Å². The van der Waals surface area contributed by atoms with Crippen molar-refractivity contribution in [3.05, 3.63) is 17.3 Å². The van der Waals surface area contributed by atoms with Crippen molar-refractivity contribution in [2.45, 2.75) is 33.2 Å². The highest BCUT2D eigenvalue weighted by atomic mass is 127. The van der Waals surface area contributed by atoms with E-state index in [1.807, 2.05) is 13.8 Å². The Morgan fingerprint density at radius 3 is 2.68 bits per heavy atom. The van der Waals surface area contributed by atoms with Gasteiger partial charge in [-0.2, -0.15) is 0 Å². The molecule has 8 heteroatoms. The maximum absolute atomic E-state index is 5.57. The highest BCUT2D eigenvalue weighted by Gasteiger charge is 2.11. The van der Waals surface area contributed by atoms with Gasteiger partial charge in [-0.3, -0.25) is 4.99 Å². The highest BCUT2D eigenvalue weighted by Crippen LogP contribution is 2.07. The molecule has 144 valence electrons. The van der Waals surface area contributed by atoms with Crippen molar-refractivity contribution < 1.29 is 4.42 Å². The molecule has 0 amide bonds. The molecule has 0 atom stereocenters. The van der Waals surface area contributed by atoms with E-state index >= 15 is 0 Å². The number of likely N-dealkylation sites (N-methyl/N-ethyl adjacent to an activating group) is 1. The van der Waals surface area contributed by atoms with Gasteiger partial charge >= 0.3 is 0 Å². The molecule has 0 saturated carbocycles. The summed E-state index contributed by atoms with van der Waals surface area (Å²) in [6, 6.07) is 0. The van der Waals surface area contributed by atoms with E-state index in [4.69, 9.17) is 4.42 Å². The van der Waals surface area contributed by atoms with Crippen LogP contribution in [-0.4, -0.2) is 74.1 Å². The number of guanidine groups is 1. The smallest absolute Gasteiger partial charge is 0.214 e. The molecular formula is C17H33IN6O. The van der Waals surface area contributed by atoms with Gasteiger partial charge in [0.1, 0.15) is 5.76 Å². The topological polar surface area (TPSA) is 68.9 Å². The summed E-state index contributed by atoms with van der Waals surface area (Å²) in [6.45, 7) is 11.2. The zero-order valence-corrected chi connectivity index (χ0v) is 18.3. The van der Waals surface area contributed by atoms with Crippen LogP contribution in [0.5, 0.6) is 0 Å². The zero-order valence-electron chi connectivity index (χ0n) is 16.0. The van der Waals surface area contributed by atoms with E-state index in [-0.39, 0.29) is 24.0 Å². The molecule has 1 fully saturated rings. The fourth-order valence-corrected chi connectivity index (χ4v) is 2.83. The highest BCUT2D eigenvalue weighted by molar-refractivity contribution is 14.0. The van der Waals surface area contributed by atoms with Gasteiger partial charge in [-0.25, -0.2) is 4.98 Å². The van der Waals surface area contributed by atoms with Crippen LogP contribution in [0.1, 0.15) is 30.2 Å². The number of hydrogen-bond acceptors (Lipinski definition) is 5. The minimum Gasteiger partial charge on any atom is -0.444 e. The first-order valence-electron chi connectivity index (χ1n) is 8.87. The van der Waals surface area contributed by atoms with Gasteiger partial charge in [-0.05, 0) is 53.4 Å². The van der Waals surface area contributed by atoms with Crippen molar-refractivity contribution in [3.8, 4) is 0 Å². The quantitative estimate of drug-likeness (QED) is 0.289. The van der Waals surface area contributed by atoms with Crippen LogP contribution in [0.4, 0.5) is 0 Å². The second-order valence-electron chi connectivity index (χ2n) is 6.45. The second-order valence-corrected chi connectivity index (χ2v) is 6.45. The molecule has 25 heavy (non-hydrogen) atoms. The minimum absolute atomic E-state index is 0. The Bertz CT molecular complexity index is 514. The lowest BCUT2D eigenvalue weighted by atomic mass is 10.3. The van der Waals surface area contributed by atoms with Gasteiger partial charge < -0.3 is 24.9 Å². The Balaban J connectivity index is 0.00000312. The van der Waals surface area contributed by atoms with Crippen molar-refractivity contribution in [1.82, 2.24) is 25.4 Å². The summed E-state index contributed by atoms with van der Waals surface area (Å²) in [5.74, 6) is 2.36. The molecule has 2 heterocycles. The molecule has 0 unspecified atom stereocenters. The Labute approximate surface area is 168 Å². The number of aryl methyl sites for hydroxylation is 2. The molecule has 0 aliphatic carbocycles. The number of aliphatic imine (C=N–C) groups is 1. The lowest BCUT2D eigenvalue weighted by Gasteiger charge is -2.20. The minimum atomic E-state index is 0. The summed E-state index contributed by atoms with van der Waals surface area (Å²) in [6.07, 6.45) is 2.38. The molecule has 0 aromatic carbocycles. The van der Waals surface area contributed by atoms with E-state index < -0.39 is 0 Å². The molecule has 2 rings (SSSR count). The van der Waals surface area contributed by atoms with E-state index in [0.29, 0.717) is 12.4 Å². The number of halogens is 1.